The molecule has 7 heteroatoms. The molecular formula is C14H11BrClNO4. The average molecular weight is 373 g/mol. The monoisotopic (exact) mass is 371 g/mol. The fraction of sp³-hybridized carbons (Fsp3) is 0.143. The minimum Gasteiger partial charge on any atom is -0.457 e. The predicted molar refractivity (Wildman–Crippen MR) is 83.0 cm³/mol. The second kappa shape index (κ2) is 6.43. The molecule has 0 aromatic heterocycles. The molecule has 0 aliphatic rings. The molecule has 0 bridgehead atoms. The second-order valence-electron chi connectivity index (χ2n) is 4.33. The topological polar surface area (TPSA) is 72.6 Å². The Bertz CT molecular complexity index is 691. The van der Waals surface area contributed by atoms with Gasteiger partial charge in [-0.05, 0) is 30.7 Å². The summed E-state index contributed by atoms with van der Waals surface area (Å²) in [7, 11) is 0. The summed E-state index contributed by atoms with van der Waals surface area (Å²) in [6.45, 7) is 1.66. The molecular weight excluding hydrogens is 362 g/mol. The lowest BCUT2D eigenvalue weighted by atomic mass is 10.1. The third-order valence-electron chi connectivity index (χ3n) is 2.77. The molecule has 1 N–H and O–H groups in total. The Morgan fingerprint density at radius 2 is 1.90 bits per heavy atom. The zero-order valence-electron chi connectivity index (χ0n) is 10.9. The van der Waals surface area contributed by atoms with Gasteiger partial charge in [0.25, 0.3) is 5.69 Å². The molecule has 2 aromatic rings. The summed E-state index contributed by atoms with van der Waals surface area (Å²) in [5, 5.41) is 20.3. The zero-order chi connectivity index (χ0) is 15.6. The van der Waals surface area contributed by atoms with Crippen molar-refractivity contribution in [1.82, 2.24) is 0 Å². The number of rotatable bonds is 4. The quantitative estimate of drug-likeness (QED) is 0.614. The van der Waals surface area contributed by atoms with Gasteiger partial charge in [-0.2, -0.15) is 0 Å². The van der Waals surface area contributed by atoms with Gasteiger partial charge in [-0.15, -0.1) is 0 Å². The maximum atomic E-state index is 10.7. The summed E-state index contributed by atoms with van der Waals surface area (Å²) in [6, 6.07) is 9.28. The number of hydrogen-bond donors (Lipinski definition) is 1. The highest BCUT2D eigenvalue weighted by atomic mass is 79.9. The van der Waals surface area contributed by atoms with E-state index >= 15 is 0 Å². The summed E-state index contributed by atoms with van der Waals surface area (Å²) >= 11 is 9.18. The van der Waals surface area contributed by atoms with Gasteiger partial charge in [0.15, 0.2) is 0 Å². The van der Waals surface area contributed by atoms with Crippen LogP contribution in [0.15, 0.2) is 40.9 Å². The van der Waals surface area contributed by atoms with Crippen LogP contribution in [0.4, 0.5) is 5.69 Å². The van der Waals surface area contributed by atoms with Crippen LogP contribution in [-0.2, 0) is 0 Å². The van der Waals surface area contributed by atoms with Crippen LogP contribution in [0, 0.1) is 10.1 Å². The van der Waals surface area contributed by atoms with Crippen molar-refractivity contribution in [2.24, 2.45) is 0 Å². The van der Waals surface area contributed by atoms with Crippen molar-refractivity contribution in [2.45, 2.75) is 13.0 Å². The number of nitro groups is 1. The number of nitrogens with zero attached hydrogens (tertiary/aromatic N) is 1. The minimum absolute atomic E-state index is 0.0113. The number of nitro benzene ring substituents is 1. The van der Waals surface area contributed by atoms with Gasteiger partial charge in [0.05, 0.1) is 11.0 Å². The van der Waals surface area contributed by atoms with E-state index in [9.17, 15) is 15.2 Å². The van der Waals surface area contributed by atoms with E-state index in [-0.39, 0.29) is 10.7 Å². The molecule has 2 rings (SSSR count). The SMILES string of the molecule is C[C@H](O)c1ccc(Oc2ccc([N+](=O)[O-])c(Cl)c2)cc1Br. The summed E-state index contributed by atoms with van der Waals surface area (Å²) < 4.78 is 6.30. The molecule has 110 valence electrons. The largest absolute Gasteiger partial charge is 0.457 e. The third kappa shape index (κ3) is 3.72. The summed E-state index contributed by atoms with van der Waals surface area (Å²) in [4.78, 5) is 10.1. The Kier molecular flexibility index (Phi) is 4.82. The molecule has 0 saturated carbocycles. The lowest BCUT2D eigenvalue weighted by Crippen LogP contribution is -1.94. The molecule has 5 nitrogen and oxygen atoms in total. The summed E-state index contributed by atoms with van der Waals surface area (Å²) in [5.74, 6) is 0.915. The molecule has 0 radical (unpaired) electrons. The zero-order valence-corrected chi connectivity index (χ0v) is 13.3. The summed E-state index contributed by atoms with van der Waals surface area (Å²) in [6.07, 6.45) is -0.595. The molecule has 0 amide bonds. The Morgan fingerprint density at radius 3 is 2.43 bits per heavy atom. The van der Waals surface area contributed by atoms with Crippen molar-refractivity contribution in [3.63, 3.8) is 0 Å². The lowest BCUT2D eigenvalue weighted by molar-refractivity contribution is -0.384. The average Bonchev–Trinajstić information content (AvgIpc) is 2.37. The maximum absolute atomic E-state index is 10.7. The van der Waals surface area contributed by atoms with Crippen molar-refractivity contribution in [2.75, 3.05) is 0 Å². The molecule has 0 aliphatic heterocycles. The Balaban J connectivity index is 2.24. The first-order valence-electron chi connectivity index (χ1n) is 5.98. The Morgan fingerprint density at radius 1 is 1.29 bits per heavy atom. The molecule has 0 spiro atoms. The van der Waals surface area contributed by atoms with E-state index in [2.05, 4.69) is 15.9 Å². The van der Waals surface area contributed by atoms with Crippen molar-refractivity contribution in [3.8, 4) is 11.5 Å². The van der Waals surface area contributed by atoms with E-state index in [0.717, 1.165) is 5.56 Å². The molecule has 0 aliphatic carbocycles. The van der Waals surface area contributed by atoms with Crippen LogP contribution in [-0.4, -0.2) is 10.0 Å². The van der Waals surface area contributed by atoms with Crippen molar-refractivity contribution >= 4 is 33.2 Å². The first-order valence-corrected chi connectivity index (χ1v) is 7.15. The van der Waals surface area contributed by atoms with E-state index < -0.39 is 11.0 Å². The number of ether oxygens (including phenoxy) is 1. The highest BCUT2D eigenvalue weighted by Gasteiger charge is 2.13. The van der Waals surface area contributed by atoms with Crippen molar-refractivity contribution in [3.05, 3.63) is 61.6 Å². The molecule has 0 unspecified atom stereocenters. The van der Waals surface area contributed by atoms with Crippen LogP contribution >= 0.6 is 27.5 Å². The number of hydrogen-bond acceptors (Lipinski definition) is 4. The minimum atomic E-state index is -0.595. The van der Waals surface area contributed by atoms with Gasteiger partial charge >= 0.3 is 0 Å². The maximum Gasteiger partial charge on any atom is 0.288 e. The highest BCUT2D eigenvalue weighted by Crippen LogP contribution is 2.33. The predicted octanol–water partition coefficient (Wildman–Crippen LogP) is 4.86. The van der Waals surface area contributed by atoms with Gasteiger partial charge in [0, 0.05) is 16.6 Å². The van der Waals surface area contributed by atoms with Crippen LogP contribution in [0.3, 0.4) is 0 Å². The van der Waals surface area contributed by atoms with Gasteiger partial charge in [0.2, 0.25) is 0 Å². The molecule has 0 heterocycles. The molecule has 1 atom stereocenters. The normalized spacial score (nSPS) is 12.0. The van der Waals surface area contributed by atoms with Crippen LogP contribution in [0.5, 0.6) is 11.5 Å². The lowest BCUT2D eigenvalue weighted by Gasteiger charge is -2.11. The van der Waals surface area contributed by atoms with E-state index in [1.807, 2.05) is 0 Å². The van der Waals surface area contributed by atoms with Crippen LogP contribution < -0.4 is 4.74 Å². The van der Waals surface area contributed by atoms with Gasteiger partial charge < -0.3 is 9.84 Å². The molecule has 2 aromatic carbocycles. The fourth-order valence-electron chi connectivity index (χ4n) is 1.75. The third-order valence-corrected chi connectivity index (χ3v) is 3.76. The second-order valence-corrected chi connectivity index (χ2v) is 5.59. The van der Waals surface area contributed by atoms with Crippen molar-refractivity contribution in [1.29, 1.82) is 0 Å². The molecule has 0 saturated heterocycles. The van der Waals surface area contributed by atoms with E-state index in [4.69, 9.17) is 16.3 Å². The first kappa shape index (κ1) is 15.8. The Hall–Kier alpha value is -1.63. The van der Waals surface area contributed by atoms with Gasteiger partial charge in [-0.3, -0.25) is 10.1 Å². The number of aliphatic hydroxyl groups excluding tert-OH is 1. The van der Waals surface area contributed by atoms with Crippen LogP contribution in [0.25, 0.3) is 0 Å². The summed E-state index contributed by atoms with van der Waals surface area (Å²) in [5.41, 5.74) is 0.568. The van der Waals surface area contributed by atoms with E-state index in [1.165, 1.54) is 18.2 Å². The standard InChI is InChI=1S/C14H11BrClNO4/c1-8(18)11-4-2-9(6-12(11)15)21-10-3-5-14(17(19)20)13(16)7-10/h2-8,18H,1H3/t8-/m0/s1. The number of benzene rings is 2. The number of aliphatic hydroxyl groups is 1. The van der Waals surface area contributed by atoms with Crippen molar-refractivity contribution < 1.29 is 14.8 Å². The van der Waals surface area contributed by atoms with Crippen LogP contribution in [0.2, 0.25) is 5.02 Å². The van der Waals surface area contributed by atoms with E-state index in [1.54, 1.807) is 25.1 Å². The van der Waals surface area contributed by atoms with Gasteiger partial charge in [0.1, 0.15) is 16.5 Å². The first-order chi connectivity index (χ1) is 9.88. The fourth-order valence-corrected chi connectivity index (χ4v) is 2.67. The van der Waals surface area contributed by atoms with Gasteiger partial charge in [-0.1, -0.05) is 33.6 Å². The van der Waals surface area contributed by atoms with Gasteiger partial charge in [-0.25, -0.2) is 0 Å². The smallest absolute Gasteiger partial charge is 0.288 e. The van der Waals surface area contributed by atoms with Crippen LogP contribution in [0.1, 0.15) is 18.6 Å². The number of halogens is 2. The van der Waals surface area contributed by atoms with E-state index in [0.29, 0.717) is 16.0 Å². The molecule has 21 heavy (non-hydrogen) atoms. The Labute approximate surface area is 134 Å². The molecule has 0 fully saturated rings. The highest BCUT2D eigenvalue weighted by molar-refractivity contribution is 9.10.